The molecule has 1 aromatic rings. The van der Waals surface area contributed by atoms with E-state index < -0.39 is 0 Å². The molecule has 0 unspecified atom stereocenters. The van der Waals surface area contributed by atoms with Crippen molar-refractivity contribution in [1.82, 2.24) is 14.8 Å². The molecule has 0 radical (unpaired) electrons. The number of rotatable bonds is 4. The van der Waals surface area contributed by atoms with Crippen LogP contribution in [0.4, 0.5) is 0 Å². The fourth-order valence-corrected chi connectivity index (χ4v) is 3.91. The van der Waals surface area contributed by atoms with Crippen molar-refractivity contribution in [2.75, 3.05) is 20.2 Å². The number of nitrogens with zero attached hydrogens (tertiary/aromatic N) is 3. The molecule has 130 valence electrons. The van der Waals surface area contributed by atoms with E-state index in [0.717, 1.165) is 12.8 Å². The SMILES string of the molecule is CO[C@H]1C(=O)N(C(C)C)[C@H]1C1CCN(C(=O)c2ccccn2)CC1. The summed E-state index contributed by atoms with van der Waals surface area (Å²) in [5.74, 6) is 0.454. The number of hydrogen-bond acceptors (Lipinski definition) is 4. The lowest BCUT2D eigenvalue weighted by Gasteiger charge is -2.53. The molecule has 0 spiro atoms. The Kier molecular flexibility index (Phi) is 4.85. The number of hydrogen-bond donors (Lipinski definition) is 0. The van der Waals surface area contributed by atoms with Crippen LogP contribution >= 0.6 is 0 Å². The Hall–Kier alpha value is -1.95. The highest BCUT2D eigenvalue weighted by Gasteiger charge is 2.52. The van der Waals surface area contributed by atoms with Gasteiger partial charge in [0.15, 0.2) is 6.10 Å². The van der Waals surface area contributed by atoms with Gasteiger partial charge in [-0.3, -0.25) is 14.6 Å². The zero-order valence-electron chi connectivity index (χ0n) is 14.5. The van der Waals surface area contributed by atoms with Crippen molar-refractivity contribution in [2.45, 2.75) is 44.9 Å². The van der Waals surface area contributed by atoms with Crippen LogP contribution in [0.2, 0.25) is 0 Å². The molecule has 6 heteroatoms. The van der Waals surface area contributed by atoms with E-state index in [4.69, 9.17) is 4.74 Å². The van der Waals surface area contributed by atoms with E-state index in [1.165, 1.54) is 0 Å². The fraction of sp³-hybridized carbons (Fsp3) is 0.611. The number of carbonyl (C=O) groups is 2. The van der Waals surface area contributed by atoms with E-state index in [-0.39, 0.29) is 30.0 Å². The zero-order valence-corrected chi connectivity index (χ0v) is 14.5. The van der Waals surface area contributed by atoms with Gasteiger partial charge in [0.1, 0.15) is 5.69 Å². The number of aromatic nitrogens is 1. The summed E-state index contributed by atoms with van der Waals surface area (Å²) in [5, 5.41) is 0. The average Bonchev–Trinajstić information content (AvgIpc) is 2.60. The summed E-state index contributed by atoms with van der Waals surface area (Å²) in [7, 11) is 1.60. The molecular weight excluding hydrogens is 306 g/mol. The summed E-state index contributed by atoms with van der Waals surface area (Å²) >= 11 is 0. The van der Waals surface area contributed by atoms with Gasteiger partial charge in [0, 0.05) is 32.4 Å². The number of β-lactam (4-membered cyclic amide) rings is 1. The summed E-state index contributed by atoms with van der Waals surface area (Å²) in [5.41, 5.74) is 0.494. The smallest absolute Gasteiger partial charge is 0.272 e. The predicted molar refractivity (Wildman–Crippen MR) is 89.4 cm³/mol. The third kappa shape index (κ3) is 2.90. The third-order valence-electron chi connectivity index (χ3n) is 5.13. The van der Waals surface area contributed by atoms with Crippen molar-refractivity contribution in [3.63, 3.8) is 0 Å². The number of ether oxygens (including phenoxy) is 1. The first-order valence-electron chi connectivity index (χ1n) is 8.60. The maximum Gasteiger partial charge on any atom is 0.272 e. The Labute approximate surface area is 142 Å². The maximum atomic E-state index is 12.5. The van der Waals surface area contributed by atoms with Gasteiger partial charge in [-0.05, 0) is 44.7 Å². The lowest BCUT2D eigenvalue weighted by atomic mass is 9.79. The van der Waals surface area contributed by atoms with Crippen LogP contribution in [0.15, 0.2) is 24.4 Å². The van der Waals surface area contributed by atoms with Crippen molar-refractivity contribution in [2.24, 2.45) is 5.92 Å². The quantitative estimate of drug-likeness (QED) is 0.786. The third-order valence-corrected chi connectivity index (χ3v) is 5.13. The molecule has 0 aromatic carbocycles. The second kappa shape index (κ2) is 6.89. The van der Waals surface area contributed by atoms with Gasteiger partial charge in [-0.25, -0.2) is 0 Å². The molecule has 2 saturated heterocycles. The van der Waals surface area contributed by atoms with E-state index in [1.807, 2.05) is 35.8 Å². The van der Waals surface area contributed by atoms with Crippen molar-refractivity contribution < 1.29 is 14.3 Å². The van der Waals surface area contributed by atoms with Gasteiger partial charge in [0.25, 0.3) is 11.8 Å². The van der Waals surface area contributed by atoms with Gasteiger partial charge in [-0.15, -0.1) is 0 Å². The van der Waals surface area contributed by atoms with Crippen LogP contribution in [0, 0.1) is 5.92 Å². The molecule has 0 aliphatic carbocycles. The van der Waals surface area contributed by atoms with Gasteiger partial charge in [0.05, 0.1) is 6.04 Å². The van der Waals surface area contributed by atoms with Gasteiger partial charge < -0.3 is 14.5 Å². The zero-order chi connectivity index (χ0) is 17.3. The highest BCUT2D eigenvalue weighted by Crippen LogP contribution is 2.36. The Balaban J connectivity index is 1.62. The first kappa shape index (κ1) is 16.9. The van der Waals surface area contributed by atoms with Crippen LogP contribution in [-0.4, -0.2) is 65.0 Å². The molecule has 0 saturated carbocycles. The Morgan fingerprint density at radius 1 is 1.29 bits per heavy atom. The molecule has 2 aliphatic heterocycles. The van der Waals surface area contributed by atoms with E-state index >= 15 is 0 Å². The number of carbonyl (C=O) groups excluding carboxylic acids is 2. The fourth-order valence-electron chi connectivity index (χ4n) is 3.91. The molecule has 3 rings (SSSR count). The highest BCUT2D eigenvalue weighted by atomic mass is 16.5. The van der Waals surface area contributed by atoms with Crippen molar-refractivity contribution in [3.8, 4) is 0 Å². The van der Waals surface area contributed by atoms with E-state index in [9.17, 15) is 9.59 Å². The first-order valence-corrected chi connectivity index (χ1v) is 8.60. The summed E-state index contributed by atoms with van der Waals surface area (Å²) in [6, 6.07) is 5.70. The maximum absolute atomic E-state index is 12.5. The summed E-state index contributed by atoms with van der Waals surface area (Å²) in [6.45, 7) is 5.48. The first-order chi connectivity index (χ1) is 11.5. The van der Waals surface area contributed by atoms with Crippen LogP contribution in [0.3, 0.4) is 0 Å². The molecule has 2 aliphatic rings. The van der Waals surface area contributed by atoms with Crippen LogP contribution in [0.5, 0.6) is 0 Å². The number of piperidine rings is 1. The Bertz CT molecular complexity index is 597. The van der Waals surface area contributed by atoms with Gasteiger partial charge in [0.2, 0.25) is 0 Å². The number of methoxy groups -OCH3 is 1. The van der Waals surface area contributed by atoms with Crippen LogP contribution < -0.4 is 0 Å². The average molecular weight is 331 g/mol. The monoisotopic (exact) mass is 331 g/mol. The molecule has 6 nitrogen and oxygen atoms in total. The minimum Gasteiger partial charge on any atom is -0.369 e. The van der Waals surface area contributed by atoms with E-state index in [0.29, 0.717) is 24.7 Å². The lowest BCUT2D eigenvalue weighted by Crippen LogP contribution is -2.70. The molecule has 1 aromatic heterocycles. The van der Waals surface area contributed by atoms with Crippen LogP contribution in [-0.2, 0) is 9.53 Å². The minimum absolute atomic E-state index is 0.0113. The number of amides is 2. The standard InChI is InChI=1S/C18H25N3O3/c1-12(2)21-15(16(24-3)18(21)23)13-7-10-20(11-8-13)17(22)14-6-4-5-9-19-14/h4-6,9,12-13,15-16H,7-8,10-11H2,1-3H3/t15-,16+/m0/s1. The Morgan fingerprint density at radius 3 is 2.54 bits per heavy atom. The highest BCUT2D eigenvalue weighted by molar-refractivity contribution is 5.92. The molecule has 2 fully saturated rings. The molecule has 24 heavy (non-hydrogen) atoms. The summed E-state index contributed by atoms with van der Waals surface area (Å²) < 4.78 is 5.41. The second-order valence-corrected chi connectivity index (χ2v) is 6.83. The lowest BCUT2D eigenvalue weighted by molar-refractivity contribution is -0.181. The second-order valence-electron chi connectivity index (χ2n) is 6.83. The number of pyridine rings is 1. The molecule has 2 amide bonds. The van der Waals surface area contributed by atoms with E-state index in [2.05, 4.69) is 4.98 Å². The van der Waals surface area contributed by atoms with Gasteiger partial charge in [-0.2, -0.15) is 0 Å². The molecular formula is C18H25N3O3. The number of likely N-dealkylation sites (tertiary alicyclic amines) is 2. The topological polar surface area (TPSA) is 62.7 Å². The molecule has 3 heterocycles. The van der Waals surface area contributed by atoms with Crippen molar-refractivity contribution in [3.05, 3.63) is 30.1 Å². The summed E-state index contributed by atoms with van der Waals surface area (Å²) in [4.78, 5) is 32.6. The molecule has 2 atom stereocenters. The van der Waals surface area contributed by atoms with Crippen LogP contribution in [0.25, 0.3) is 0 Å². The van der Waals surface area contributed by atoms with Gasteiger partial charge >= 0.3 is 0 Å². The molecule has 0 N–H and O–H groups in total. The normalized spacial score (nSPS) is 25.1. The van der Waals surface area contributed by atoms with Crippen molar-refractivity contribution >= 4 is 11.8 Å². The summed E-state index contributed by atoms with van der Waals surface area (Å²) in [6.07, 6.45) is 3.10. The largest absolute Gasteiger partial charge is 0.369 e. The van der Waals surface area contributed by atoms with Crippen molar-refractivity contribution in [1.29, 1.82) is 0 Å². The Morgan fingerprint density at radius 2 is 2.00 bits per heavy atom. The van der Waals surface area contributed by atoms with Gasteiger partial charge in [-0.1, -0.05) is 6.07 Å². The molecule has 0 bridgehead atoms. The van der Waals surface area contributed by atoms with E-state index in [1.54, 1.807) is 19.4 Å². The van der Waals surface area contributed by atoms with Crippen LogP contribution in [0.1, 0.15) is 37.2 Å². The minimum atomic E-state index is -0.324. The predicted octanol–water partition coefficient (Wildman–Crippen LogP) is 1.57.